The third kappa shape index (κ3) is 3.78. The highest BCUT2D eigenvalue weighted by Gasteiger charge is 2.17. The van der Waals surface area contributed by atoms with E-state index in [2.05, 4.69) is 11.6 Å². The summed E-state index contributed by atoms with van der Waals surface area (Å²) >= 11 is 0. The van der Waals surface area contributed by atoms with Gasteiger partial charge in [-0.1, -0.05) is 51.0 Å². The lowest BCUT2D eigenvalue weighted by Gasteiger charge is -2.13. The number of ether oxygens (including phenoxy) is 1. The van der Waals surface area contributed by atoms with Gasteiger partial charge in [-0.2, -0.15) is 0 Å². The van der Waals surface area contributed by atoms with Crippen molar-refractivity contribution in [2.45, 2.75) is 38.0 Å². The van der Waals surface area contributed by atoms with E-state index in [0.717, 1.165) is 30.4 Å². The Morgan fingerprint density at radius 3 is 2.41 bits per heavy atom. The van der Waals surface area contributed by atoms with E-state index >= 15 is 0 Å². The zero-order valence-electron chi connectivity index (χ0n) is 13.1. The van der Waals surface area contributed by atoms with Crippen LogP contribution in [0.1, 0.15) is 33.1 Å². The molecule has 0 fully saturated rings. The summed E-state index contributed by atoms with van der Waals surface area (Å²) in [4.78, 5) is 0.297. The van der Waals surface area contributed by atoms with Crippen LogP contribution in [0, 0.1) is 0 Å². The zero-order chi connectivity index (χ0) is 16.0. The van der Waals surface area contributed by atoms with Crippen molar-refractivity contribution in [3.8, 4) is 5.75 Å². The Labute approximate surface area is 132 Å². The lowest BCUT2D eigenvalue weighted by atomic mass is 10.1. The van der Waals surface area contributed by atoms with Crippen LogP contribution >= 0.6 is 0 Å². The molecule has 2 rings (SSSR count). The fourth-order valence-corrected chi connectivity index (χ4v) is 3.66. The van der Waals surface area contributed by atoms with Crippen molar-refractivity contribution < 1.29 is 13.2 Å². The van der Waals surface area contributed by atoms with E-state index in [-0.39, 0.29) is 0 Å². The van der Waals surface area contributed by atoms with Gasteiger partial charge >= 0.3 is 0 Å². The molecule has 0 saturated heterocycles. The Kier molecular flexibility index (Phi) is 5.80. The highest BCUT2D eigenvalue weighted by Crippen LogP contribution is 2.31. The number of sulfonamides is 1. The number of hydrogen-bond donors (Lipinski definition) is 1. The molecule has 0 spiro atoms. The van der Waals surface area contributed by atoms with Gasteiger partial charge in [-0.25, -0.2) is 13.1 Å². The van der Waals surface area contributed by atoms with Crippen molar-refractivity contribution in [2.24, 2.45) is 0 Å². The first kappa shape index (κ1) is 16.8. The maximum atomic E-state index is 12.3. The minimum atomic E-state index is -3.49. The smallest absolute Gasteiger partial charge is 0.241 e. The lowest BCUT2D eigenvalue weighted by molar-refractivity contribution is 0.309. The fourth-order valence-electron chi connectivity index (χ4n) is 2.41. The van der Waals surface area contributed by atoms with Crippen LogP contribution in [0.15, 0.2) is 41.3 Å². The molecular formula is C17H23NO3S. The van der Waals surface area contributed by atoms with E-state index in [4.69, 9.17) is 4.74 Å². The second-order valence-corrected chi connectivity index (χ2v) is 6.90. The highest BCUT2D eigenvalue weighted by molar-refractivity contribution is 7.89. The quantitative estimate of drug-likeness (QED) is 0.754. The Morgan fingerprint density at radius 2 is 1.73 bits per heavy atom. The van der Waals surface area contributed by atoms with Crippen LogP contribution < -0.4 is 9.46 Å². The first-order chi connectivity index (χ1) is 10.6. The van der Waals surface area contributed by atoms with E-state index in [0.29, 0.717) is 23.4 Å². The molecule has 0 amide bonds. The summed E-state index contributed by atoms with van der Waals surface area (Å²) < 4.78 is 33.0. The monoisotopic (exact) mass is 321 g/mol. The summed E-state index contributed by atoms with van der Waals surface area (Å²) in [5.74, 6) is 0.738. The largest absolute Gasteiger partial charge is 0.493 e. The molecule has 2 aromatic carbocycles. The van der Waals surface area contributed by atoms with Crippen LogP contribution in [0.2, 0.25) is 0 Å². The standard InChI is InChI=1S/C17H23NO3S/c1-3-5-8-13-21-16-11-12-17(22(19,20)18-4-2)15-10-7-6-9-14(15)16/h6-7,9-12,18H,3-5,8,13H2,1-2H3. The maximum Gasteiger partial charge on any atom is 0.241 e. The van der Waals surface area contributed by atoms with Crippen LogP contribution in [-0.4, -0.2) is 21.6 Å². The predicted octanol–water partition coefficient (Wildman–Crippen LogP) is 3.71. The summed E-state index contributed by atoms with van der Waals surface area (Å²) in [7, 11) is -3.49. The minimum Gasteiger partial charge on any atom is -0.493 e. The summed E-state index contributed by atoms with van der Waals surface area (Å²) in [6.07, 6.45) is 3.27. The molecule has 0 unspecified atom stereocenters. The van der Waals surface area contributed by atoms with Gasteiger partial charge in [0.2, 0.25) is 10.0 Å². The predicted molar refractivity (Wildman–Crippen MR) is 89.8 cm³/mol. The summed E-state index contributed by atoms with van der Waals surface area (Å²) in [6.45, 7) is 4.93. The molecule has 0 saturated carbocycles. The van der Waals surface area contributed by atoms with Gasteiger partial charge in [0.25, 0.3) is 0 Å². The number of unbranched alkanes of at least 4 members (excludes halogenated alkanes) is 2. The number of nitrogens with one attached hydrogen (secondary N) is 1. The fraction of sp³-hybridized carbons (Fsp3) is 0.412. The molecular weight excluding hydrogens is 298 g/mol. The average molecular weight is 321 g/mol. The topological polar surface area (TPSA) is 55.4 Å². The van der Waals surface area contributed by atoms with Gasteiger partial charge in [0.15, 0.2) is 0 Å². The summed E-state index contributed by atoms with van der Waals surface area (Å²) in [6, 6.07) is 10.8. The Balaban J connectivity index is 2.39. The molecule has 2 aromatic rings. The first-order valence-electron chi connectivity index (χ1n) is 7.74. The van der Waals surface area contributed by atoms with E-state index in [9.17, 15) is 8.42 Å². The van der Waals surface area contributed by atoms with E-state index in [1.165, 1.54) is 0 Å². The molecule has 0 aromatic heterocycles. The van der Waals surface area contributed by atoms with Crippen LogP contribution in [-0.2, 0) is 10.0 Å². The van der Waals surface area contributed by atoms with Crippen molar-refractivity contribution in [3.05, 3.63) is 36.4 Å². The minimum absolute atomic E-state index is 0.297. The molecule has 0 heterocycles. The molecule has 0 aliphatic carbocycles. The number of fused-ring (bicyclic) bond motifs is 1. The van der Waals surface area contributed by atoms with Crippen LogP contribution in [0.4, 0.5) is 0 Å². The van der Waals surface area contributed by atoms with Crippen molar-refractivity contribution >= 4 is 20.8 Å². The maximum absolute atomic E-state index is 12.3. The van der Waals surface area contributed by atoms with E-state index < -0.39 is 10.0 Å². The van der Waals surface area contributed by atoms with Crippen molar-refractivity contribution in [2.75, 3.05) is 13.2 Å². The molecule has 0 aliphatic heterocycles. The van der Waals surface area contributed by atoms with Gasteiger partial charge in [-0.05, 0) is 18.6 Å². The van der Waals surface area contributed by atoms with Gasteiger partial charge in [-0.15, -0.1) is 0 Å². The first-order valence-corrected chi connectivity index (χ1v) is 9.22. The Morgan fingerprint density at radius 1 is 1.00 bits per heavy atom. The molecule has 4 nitrogen and oxygen atoms in total. The molecule has 0 radical (unpaired) electrons. The molecule has 120 valence electrons. The zero-order valence-corrected chi connectivity index (χ0v) is 13.9. The lowest BCUT2D eigenvalue weighted by Crippen LogP contribution is -2.23. The normalized spacial score (nSPS) is 11.7. The van der Waals surface area contributed by atoms with E-state index in [1.54, 1.807) is 19.1 Å². The summed E-state index contributed by atoms with van der Waals surface area (Å²) in [5, 5.41) is 1.52. The van der Waals surface area contributed by atoms with Crippen molar-refractivity contribution in [3.63, 3.8) is 0 Å². The van der Waals surface area contributed by atoms with Crippen LogP contribution in [0.25, 0.3) is 10.8 Å². The van der Waals surface area contributed by atoms with Crippen molar-refractivity contribution in [1.29, 1.82) is 0 Å². The van der Waals surface area contributed by atoms with Gasteiger partial charge in [-0.3, -0.25) is 0 Å². The molecule has 1 N–H and O–H groups in total. The third-order valence-corrected chi connectivity index (χ3v) is 5.08. The number of benzene rings is 2. The Bertz CT molecular complexity index is 726. The number of rotatable bonds is 8. The van der Waals surface area contributed by atoms with Crippen LogP contribution in [0.3, 0.4) is 0 Å². The SMILES string of the molecule is CCCCCOc1ccc(S(=O)(=O)NCC)c2ccccc12. The number of hydrogen-bond acceptors (Lipinski definition) is 3. The molecule has 22 heavy (non-hydrogen) atoms. The summed E-state index contributed by atoms with van der Waals surface area (Å²) in [5.41, 5.74) is 0. The second-order valence-electron chi connectivity index (χ2n) is 5.16. The second kappa shape index (κ2) is 7.61. The molecule has 5 heteroatoms. The Hall–Kier alpha value is -1.59. The van der Waals surface area contributed by atoms with Gasteiger partial charge in [0.05, 0.1) is 11.5 Å². The van der Waals surface area contributed by atoms with Gasteiger partial charge < -0.3 is 4.74 Å². The highest BCUT2D eigenvalue weighted by atomic mass is 32.2. The molecule has 0 atom stereocenters. The molecule has 0 bridgehead atoms. The third-order valence-electron chi connectivity index (χ3n) is 3.47. The average Bonchev–Trinajstić information content (AvgIpc) is 2.51. The van der Waals surface area contributed by atoms with Gasteiger partial charge in [0, 0.05) is 17.3 Å². The van der Waals surface area contributed by atoms with E-state index in [1.807, 2.05) is 24.3 Å². The van der Waals surface area contributed by atoms with Crippen LogP contribution in [0.5, 0.6) is 5.75 Å². The van der Waals surface area contributed by atoms with Crippen molar-refractivity contribution in [1.82, 2.24) is 4.72 Å². The van der Waals surface area contributed by atoms with Gasteiger partial charge in [0.1, 0.15) is 5.75 Å². The molecule has 0 aliphatic rings.